The first kappa shape index (κ1) is 86.5. The maximum atomic E-state index is 13.0. The molecule has 0 bridgehead atoms. The molecule has 19 heteroatoms. The van der Waals surface area contributed by atoms with E-state index in [2.05, 4.69) is 72.8 Å². The molecule has 0 aromatic rings. The van der Waals surface area contributed by atoms with Gasteiger partial charge in [0.05, 0.1) is 26.4 Å². The second-order valence-electron chi connectivity index (χ2n) is 25.8. The van der Waals surface area contributed by atoms with Crippen LogP contribution in [0.3, 0.4) is 0 Å². The largest absolute Gasteiger partial charge is 0.472 e. The van der Waals surface area contributed by atoms with Crippen LogP contribution >= 0.6 is 15.6 Å². The Bertz CT molecular complexity index is 1840. The summed E-state index contributed by atoms with van der Waals surface area (Å²) in [4.78, 5) is 72.5. The summed E-state index contributed by atoms with van der Waals surface area (Å²) in [7, 11) is -9.91. The van der Waals surface area contributed by atoms with Gasteiger partial charge in [-0.1, -0.05) is 272 Å². The van der Waals surface area contributed by atoms with E-state index < -0.39 is 97.5 Å². The first-order valence-electron chi connectivity index (χ1n) is 35.7. The lowest BCUT2D eigenvalue weighted by atomic mass is 10.00. The van der Waals surface area contributed by atoms with Crippen LogP contribution in [0.25, 0.3) is 0 Å². The van der Waals surface area contributed by atoms with Crippen molar-refractivity contribution in [3.8, 4) is 0 Å². The molecule has 0 heterocycles. The summed E-state index contributed by atoms with van der Waals surface area (Å²) in [5, 5.41) is 10.6. The van der Waals surface area contributed by atoms with Crippen molar-refractivity contribution in [3.05, 3.63) is 24.3 Å². The predicted octanol–water partition coefficient (Wildman–Crippen LogP) is 19.4. The highest BCUT2D eigenvalue weighted by Crippen LogP contribution is 2.45. The molecular formula is C70H132O17P2. The van der Waals surface area contributed by atoms with E-state index in [1.54, 1.807) is 0 Å². The number of unbranched alkanes of at least 4 members (excludes halogenated alkanes) is 30. The summed E-state index contributed by atoms with van der Waals surface area (Å²) in [5.74, 6) is 0.0381. The van der Waals surface area contributed by atoms with E-state index >= 15 is 0 Å². The van der Waals surface area contributed by atoms with E-state index in [0.29, 0.717) is 25.7 Å². The topological polar surface area (TPSA) is 237 Å². The van der Waals surface area contributed by atoms with Crippen LogP contribution in [-0.2, 0) is 65.4 Å². The number of aliphatic hydroxyl groups excluding tert-OH is 1. The Morgan fingerprint density at radius 1 is 0.371 bits per heavy atom. The molecule has 524 valence electrons. The van der Waals surface area contributed by atoms with E-state index in [1.807, 2.05) is 0 Å². The molecule has 0 amide bonds. The maximum absolute atomic E-state index is 13.0. The molecule has 0 radical (unpaired) electrons. The molecule has 0 aromatic heterocycles. The number of esters is 4. The standard InChI is InChI=1S/C70H132O17P2/c1-8-10-11-12-13-14-15-16-17-18-19-24-29-37-44-51-67(72)80-57-65(86-69(74)53-46-39-30-25-20-22-27-34-41-48-61(3)4)59-84-88(76,77)82-55-64(71)56-83-89(78,79)85-60-66(58-81-68(73)52-45-38-33-32-36-43-50-63(7)9-2)87-70(75)54-47-40-31-26-21-23-28-35-42-49-62(5)6/h14-17,61-66,71H,8-13,18-60H2,1-7H3,(H,76,77)(H,78,79)/b15-14-,17-16-/t63?,64-,65-,66-/m1/s1. The highest BCUT2D eigenvalue weighted by atomic mass is 31.2. The SMILES string of the molecule is CCCCCC/C=C\C=C/CCCCCCCC(=O)OC[C@H](COP(=O)(O)OC[C@@H](O)COP(=O)(O)OC[C@@H](COC(=O)CCCCCCCCC(C)CC)OC(=O)CCCCCCCCCCCC(C)C)OC(=O)CCCCCCCCCCCC(C)C. The van der Waals surface area contributed by atoms with Crippen molar-refractivity contribution in [1.82, 2.24) is 0 Å². The van der Waals surface area contributed by atoms with Crippen LogP contribution in [0.1, 0.15) is 325 Å². The zero-order valence-corrected chi connectivity index (χ0v) is 59.2. The van der Waals surface area contributed by atoms with Gasteiger partial charge in [-0.05, 0) is 69.1 Å². The molecule has 0 aliphatic heterocycles. The Kier molecular flexibility index (Phi) is 58.8. The van der Waals surface area contributed by atoms with Crippen LogP contribution in [0.4, 0.5) is 0 Å². The van der Waals surface area contributed by atoms with Gasteiger partial charge < -0.3 is 33.8 Å². The van der Waals surface area contributed by atoms with Crippen LogP contribution in [0, 0.1) is 17.8 Å². The number of aliphatic hydroxyl groups is 1. The van der Waals surface area contributed by atoms with Gasteiger partial charge in [0.1, 0.15) is 19.3 Å². The molecule has 0 fully saturated rings. The normalized spacial score (nSPS) is 14.7. The second kappa shape index (κ2) is 60.5. The fourth-order valence-electron chi connectivity index (χ4n) is 9.97. The van der Waals surface area contributed by atoms with E-state index in [1.165, 1.54) is 109 Å². The first-order valence-corrected chi connectivity index (χ1v) is 38.7. The van der Waals surface area contributed by atoms with Crippen molar-refractivity contribution >= 4 is 39.5 Å². The van der Waals surface area contributed by atoms with Gasteiger partial charge in [-0.25, -0.2) is 9.13 Å². The molecule has 89 heavy (non-hydrogen) atoms. The Hall–Kier alpha value is -2.46. The lowest BCUT2D eigenvalue weighted by Gasteiger charge is -2.21. The Labute approximate surface area is 542 Å². The van der Waals surface area contributed by atoms with Crippen LogP contribution in [0.2, 0.25) is 0 Å². The van der Waals surface area contributed by atoms with Crippen molar-refractivity contribution in [2.45, 2.75) is 343 Å². The minimum atomic E-state index is -4.96. The molecule has 0 saturated heterocycles. The number of carbonyl (C=O) groups excluding carboxylic acids is 4. The van der Waals surface area contributed by atoms with Gasteiger partial charge in [0.2, 0.25) is 0 Å². The lowest BCUT2D eigenvalue weighted by molar-refractivity contribution is -0.161. The molecular weight excluding hydrogens is 1170 g/mol. The van der Waals surface area contributed by atoms with Gasteiger partial charge in [0, 0.05) is 25.7 Å². The van der Waals surface area contributed by atoms with E-state index in [-0.39, 0.29) is 25.7 Å². The summed E-state index contributed by atoms with van der Waals surface area (Å²) < 4.78 is 68.2. The predicted molar refractivity (Wildman–Crippen MR) is 358 cm³/mol. The zero-order chi connectivity index (χ0) is 65.9. The van der Waals surface area contributed by atoms with Gasteiger partial charge in [0.25, 0.3) is 0 Å². The molecule has 17 nitrogen and oxygen atoms in total. The molecule has 0 aliphatic carbocycles. The quantitative estimate of drug-likeness (QED) is 0.0169. The fourth-order valence-corrected chi connectivity index (χ4v) is 11.5. The Morgan fingerprint density at radius 3 is 1.00 bits per heavy atom. The smallest absolute Gasteiger partial charge is 0.462 e. The van der Waals surface area contributed by atoms with Gasteiger partial charge in [-0.15, -0.1) is 0 Å². The van der Waals surface area contributed by atoms with Gasteiger partial charge in [-0.2, -0.15) is 0 Å². The summed E-state index contributed by atoms with van der Waals surface area (Å²) in [6.45, 7) is 11.7. The first-order chi connectivity index (χ1) is 42.8. The number of phosphoric acid groups is 2. The van der Waals surface area contributed by atoms with Crippen molar-refractivity contribution in [2.24, 2.45) is 17.8 Å². The van der Waals surface area contributed by atoms with Crippen molar-refractivity contribution in [2.75, 3.05) is 39.6 Å². The molecule has 0 saturated carbocycles. The Morgan fingerprint density at radius 2 is 0.663 bits per heavy atom. The number of carbonyl (C=O) groups is 4. The number of ether oxygens (including phenoxy) is 4. The van der Waals surface area contributed by atoms with Gasteiger partial charge in [0.15, 0.2) is 12.2 Å². The van der Waals surface area contributed by atoms with E-state index in [0.717, 1.165) is 133 Å². The number of phosphoric ester groups is 2. The number of hydrogen-bond donors (Lipinski definition) is 3. The summed E-state index contributed by atoms with van der Waals surface area (Å²) in [6.07, 6.45) is 46.7. The van der Waals surface area contributed by atoms with Crippen LogP contribution < -0.4 is 0 Å². The molecule has 0 rings (SSSR count). The maximum Gasteiger partial charge on any atom is 0.472 e. The summed E-state index contributed by atoms with van der Waals surface area (Å²) >= 11 is 0. The third kappa shape index (κ3) is 62.7. The molecule has 6 atom stereocenters. The van der Waals surface area contributed by atoms with Crippen molar-refractivity contribution in [1.29, 1.82) is 0 Å². The Balaban J connectivity index is 5.29. The molecule has 3 N–H and O–H groups in total. The highest BCUT2D eigenvalue weighted by Gasteiger charge is 2.30. The fraction of sp³-hybridized carbons (Fsp3) is 0.886. The van der Waals surface area contributed by atoms with Gasteiger partial charge in [-0.3, -0.25) is 37.3 Å². The van der Waals surface area contributed by atoms with Crippen LogP contribution in [0.15, 0.2) is 24.3 Å². The monoisotopic (exact) mass is 1310 g/mol. The average molecular weight is 1310 g/mol. The van der Waals surface area contributed by atoms with Crippen LogP contribution in [-0.4, -0.2) is 96.7 Å². The summed E-state index contributed by atoms with van der Waals surface area (Å²) in [5.41, 5.74) is 0. The number of hydrogen-bond acceptors (Lipinski definition) is 15. The highest BCUT2D eigenvalue weighted by molar-refractivity contribution is 7.47. The average Bonchev–Trinajstić information content (AvgIpc) is 3.71. The summed E-state index contributed by atoms with van der Waals surface area (Å²) in [6, 6.07) is 0. The third-order valence-electron chi connectivity index (χ3n) is 15.9. The number of rotatable bonds is 66. The zero-order valence-electron chi connectivity index (χ0n) is 57.4. The number of allylic oxidation sites excluding steroid dienone is 4. The minimum Gasteiger partial charge on any atom is -0.462 e. The van der Waals surface area contributed by atoms with Gasteiger partial charge >= 0.3 is 39.5 Å². The molecule has 0 aromatic carbocycles. The van der Waals surface area contributed by atoms with E-state index in [9.17, 15) is 43.2 Å². The van der Waals surface area contributed by atoms with E-state index in [4.69, 9.17) is 37.0 Å². The van der Waals surface area contributed by atoms with Crippen molar-refractivity contribution < 1.29 is 80.2 Å². The third-order valence-corrected chi connectivity index (χ3v) is 17.8. The minimum absolute atomic E-state index is 0.0978. The molecule has 0 spiro atoms. The molecule has 0 aliphatic rings. The molecule has 3 unspecified atom stereocenters. The second-order valence-corrected chi connectivity index (χ2v) is 28.7. The lowest BCUT2D eigenvalue weighted by Crippen LogP contribution is -2.30. The van der Waals surface area contributed by atoms with Crippen molar-refractivity contribution in [3.63, 3.8) is 0 Å². The van der Waals surface area contributed by atoms with Crippen LogP contribution in [0.5, 0.6) is 0 Å².